The van der Waals surface area contributed by atoms with E-state index in [1.165, 1.54) is 64.6 Å². The highest BCUT2D eigenvalue weighted by Gasteiger charge is 2.18. The highest BCUT2D eigenvalue weighted by Crippen LogP contribution is 2.45. The molecule has 3 nitrogen and oxygen atoms in total. The van der Waals surface area contributed by atoms with Crippen molar-refractivity contribution in [1.82, 2.24) is 9.97 Å². The molecule has 0 aliphatic carbocycles. The molecule has 13 rings (SSSR count). The monoisotopic (exact) mass is 774 g/mol. The molecule has 61 heavy (non-hydrogen) atoms. The summed E-state index contributed by atoms with van der Waals surface area (Å²) < 4.78 is 6.28. The summed E-state index contributed by atoms with van der Waals surface area (Å²) in [7, 11) is 0. The van der Waals surface area contributed by atoms with E-state index in [1.807, 2.05) is 36.4 Å². The minimum Gasteiger partial charge on any atom is -0.456 e. The fourth-order valence-electron chi connectivity index (χ4n) is 9.72. The van der Waals surface area contributed by atoms with Crippen molar-refractivity contribution in [3.8, 4) is 56.4 Å². The number of rotatable bonds is 5. The van der Waals surface area contributed by atoms with E-state index in [0.717, 1.165) is 61.5 Å². The van der Waals surface area contributed by atoms with Crippen molar-refractivity contribution >= 4 is 75.6 Å². The zero-order valence-corrected chi connectivity index (χ0v) is 32.9. The molecule has 0 saturated heterocycles. The maximum absolute atomic E-state index is 6.28. The van der Waals surface area contributed by atoms with Crippen LogP contribution in [0.25, 0.3) is 132 Å². The van der Waals surface area contributed by atoms with Crippen LogP contribution in [0.4, 0.5) is 0 Å². The third kappa shape index (κ3) is 5.38. The number of aromatic nitrogens is 2. The van der Waals surface area contributed by atoms with Crippen LogP contribution in [0, 0.1) is 0 Å². The van der Waals surface area contributed by atoms with Crippen LogP contribution in [0.15, 0.2) is 211 Å². The molecule has 0 aliphatic rings. The molecule has 0 fully saturated rings. The largest absolute Gasteiger partial charge is 0.456 e. The number of fused-ring (bicyclic) bond motifs is 3. The molecule has 2 aromatic heterocycles. The van der Waals surface area contributed by atoms with E-state index in [9.17, 15) is 0 Å². The van der Waals surface area contributed by atoms with Crippen LogP contribution in [-0.4, -0.2) is 9.97 Å². The Hall–Kier alpha value is -8.14. The van der Waals surface area contributed by atoms with Gasteiger partial charge in [0.15, 0.2) is 5.82 Å². The molecule has 0 amide bonds. The topological polar surface area (TPSA) is 38.9 Å². The maximum Gasteiger partial charge on any atom is 0.160 e. The second kappa shape index (κ2) is 13.2. The average molecular weight is 775 g/mol. The zero-order valence-electron chi connectivity index (χ0n) is 32.9. The van der Waals surface area contributed by atoms with Gasteiger partial charge in [0.1, 0.15) is 11.3 Å². The third-order valence-electron chi connectivity index (χ3n) is 12.5. The van der Waals surface area contributed by atoms with Gasteiger partial charge >= 0.3 is 0 Å². The van der Waals surface area contributed by atoms with Crippen molar-refractivity contribution in [1.29, 1.82) is 0 Å². The summed E-state index contributed by atoms with van der Waals surface area (Å²) in [6, 6.07) is 74.1. The van der Waals surface area contributed by atoms with Gasteiger partial charge in [-0.2, -0.15) is 0 Å². The van der Waals surface area contributed by atoms with Crippen LogP contribution in [0.5, 0.6) is 0 Å². The van der Waals surface area contributed by atoms with Crippen molar-refractivity contribution in [2.45, 2.75) is 0 Å². The van der Waals surface area contributed by atoms with Gasteiger partial charge in [0.25, 0.3) is 0 Å². The lowest BCUT2D eigenvalue weighted by atomic mass is 9.86. The van der Waals surface area contributed by atoms with Gasteiger partial charge in [0.05, 0.1) is 11.4 Å². The third-order valence-corrected chi connectivity index (χ3v) is 12.5. The molecule has 0 spiro atoms. The van der Waals surface area contributed by atoms with Crippen LogP contribution in [0.2, 0.25) is 0 Å². The summed E-state index contributed by atoms with van der Waals surface area (Å²) in [6.45, 7) is 0. The number of hydrogen-bond donors (Lipinski definition) is 0. The van der Waals surface area contributed by atoms with Gasteiger partial charge in [-0.15, -0.1) is 0 Å². The van der Waals surface area contributed by atoms with E-state index in [4.69, 9.17) is 14.4 Å². The molecule has 0 saturated carbocycles. The Balaban J connectivity index is 1.02. The molecule has 0 radical (unpaired) electrons. The van der Waals surface area contributed by atoms with Crippen LogP contribution in [-0.2, 0) is 0 Å². The molecule has 0 bridgehead atoms. The molecule has 0 atom stereocenters. The fourth-order valence-corrected chi connectivity index (χ4v) is 9.72. The van der Waals surface area contributed by atoms with Crippen LogP contribution >= 0.6 is 0 Å². The van der Waals surface area contributed by atoms with Crippen molar-refractivity contribution < 1.29 is 4.42 Å². The minimum atomic E-state index is 0.681. The Morgan fingerprint density at radius 3 is 1.43 bits per heavy atom. The van der Waals surface area contributed by atoms with Crippen molar-refractivity contribution in [2.24, 2.45) is 0 Å². The second-order valence-corrected chi connectivity index (χ2v) is 16.1. The molecule has 0 unspecified atom stereocenters. The molecular formula is C58H34N2O. The van der Waals surface area contributed by atoms with E-state index in [2.05, 4.69) is 170 Å². The summed E-state index contributed by atoms with van der Waals surface area (Å²) >= 11 is 0. The lowest BCUT2D eigenvalue weighted by Gasteiger charge is -2.17. The SMILES string of the molecule is c1ccc(-c2nc(-c3cccc(-c4cc5ccc6cccc7c8cccc9ccc%10cccc(c(c4)c5c67)c%10c98)c3)cc(-c3cccc(-c4cc5ccccc5o4)c3)n2)cc1. The van der Waals surface area contributed by atoms with E-state index >= 15 is 0 Å². The van der Waals surface area contributed by atoms with Crippen molar-refractivity contribution in [2.75, 3.05) is 0 Å². The van der Waals surface area contributed by atoms with Gasteiger partial charge in [-0.3, -0.25) is 0 Å². The normalized spacial score (nSPS) is 11.9. The van der Waals surface area contributed by atoms with Crippen LogP contribution < -0.4 is 0 Å². The second-order valence-electron chi connectivity index (χ2n) is 16.1. The number of para-hydroxylation sites is 1. The standard InChI is InChI=1S/C58H34N2O/c1-2-11-38(12-3-1)58-59-50(34-51(60-58)41-19-7-20-42(30-41)53-33-43-13-4-5-24-52(43)61-53)40-18-6-17-39(29-40)45-31-44-28-27-37-15-9-22-47-46-21-8-14-35-25-26-36-16-10-23-48(56(36)54(35)46)49(32-45)57(44)55(37)47/h1-34H. The number of nitrogens with zero attached hydrogens (tertiary/aromatic N) is 2. The highest BCUT2D eigenvalue weighted by molar-refractivity contribution is 6.37. The lowest BCUT2D eigenvalue weighted by Crippen LogP contribution is -1.96. The molecule has 282 valence electrons. The number of furan rings is 1. The van der Waals surface area contributed by atoms with Gasteiger partial charge in [-0.05, 0) is 118 Å². The van der Waals surface area contributed by atoms with E-state index in [-0.39, 0.29) is 0 Å². The lowest BCUT2D eigenvalue weighted by molar-refractivity contribution is 0.631. The first-order valence-corrected chi connectivity index (χ1v) is 20.8. The van der Waals surface area contributed by atoms with E-state index in [1.54, 1.807) is 0 Å². The highest BCUT2D eigenvalue weighted by atomic mass is 16.3. The predicted molar refractivity (Wildman–Crippen MR) is 255 cm³/mol. The first-order valence-electron chi connectivity index (χ1n) is 20.8. The Labute approximate surface area is 351 Å². The number of hydrogen-bond acceptors (Lipinski definition) is 3. The molecule has 0 N–H and O–H groups in total. The predicted octanol–water partition coefficient (Wildman–Crippen LogP) is 15.9. The average Bonchev–Trinajstić information content (AvgIpc) is 3.77. The molecule has 3 heteroatoms. The summed E-state index contributed by atoms with van der Waals surface area (Å²) in [5, 5.41) is 16.4. The summed E-state index contributed by atoms with van der Waals surface area (Å²) in [4.78, 5) is 10.4. The Kier molecular flexibility index (Phi) is 7.31. The molecule has 2 heterocycles. The minimum absolute atomic E-state index is 0.681. The zero-order chi connectivity index (χ0) is 40.0. The van der Waals surface area contributed by atoms with Crippen molar-refractivity contribution in [3.63, 3.8) is 0 Å². The Bertz CT molecular complexity index is 3840. The van der Waals surface area contributed by atoms with E-state index < -0.39 is 0 Å². The van der Waals surface area contributed by atoms with Crippen LogP contribution in [0.1, 0.15) is 0 Å². The first-order chi connectivity index (χ1) is 30.2. The smallest absolute Gasteiger partial charge is 0.160 e. The molecule has 0 aliphatic heterocycles. The Morgan fingerprint density at radius 1 is 0.279 bits per heavy atom. The van der Waals surface area contributed by atoms with Gasteiger partial charge in [-0.25, -0.2) is 9.97 Å². The summed E-state index contributed by atoms with van der Waals surface area (Å²) in [5.41, 5.74) is 8.86. The Morgan fingerprint density at radius 2 is 0.770 bits per heavy atom. The molecule has 13 aromatic rings. The summed E-state index contributed by atoms with van der Waals surface area (Å²) in [6.07, 6.45) is 0. The summed E-state index contributed by atoms with van der Waals surface area (Å²) in [5.74, 6) is 1.51. The van der Waals surface area contributed by atoms with Gasteiger partial charge in [-0.1, -0.05) is 164 Å². The quantitative estimate of drug-likeness (QED) is 0.164. The van der Waals surface area contributed by atoms with Crippen LogP contribution in [0.3, 0.4) is 0 Å². The first kappa shape index (κ1) is 33.8. The molecular weight excluding hydrogens is 741 g/mol. The van der Waals surface area contributed by atoms with Gasteiger partial charge < -0.3 is 4.42 Å². The van der Waals surface area contributed by atoms with Gasteiger partial charge in [0.2, 0.25) is 0 Å². The number of benzene rings is 10. The fraction of sp³-hybridized carbons (Fsp3) is 0. The van der Waals surface area contributed by atoms with E-state index in [0.29, 0.717) is 5.82 Å². The maximum atomic E-state index is 6.28. The van der Waals surface area contributed by atoms with Gasteiger partial charge in [0, 0.05) is 27.6 Å². The van der Waals surface area contributed by atoms with Crippen molar-refractivity contribution in [3.05, 3.63) is 206 Å². The molecule has 11 aromatic carbocycles.